The Bertz CT molecular complexity index is 830. The average molecular weight is 356 g/mol. The van der Waals surface area contributed by atoms with E-state index in [0.29, 0.717) is 22.8 Å². The number of nitrogens with zero attached hydrogens (tertiary/aromatic N) is 5. The smallest absolute Gasteiger partial charge is 0.230 e. The summed E-state index contributed by atoms with van der Waals surface area (Å²) >= 11 is 6.15. The molecule has 4 rings (SSSR count). The first-order valence-electron chi connectivity index (χ1n) is 8.36. The fourth-order valence-electron chi connectivity index (χ4n) is 3.12. The van der Waals surface area contributed by atoms with Crippen molar-refractivity contribution in [1.29, 1.82) is 0 Å². The van der Waals surface area contributed by atoms with Gasteiger partial charge in [-0.1, -0.05) is 28.9 Å². The third-order valence-electron chi connectivity index (χ3n) is 4.50. The van der Waals surface area contributed by atoms with Crippen LogP contribution in [-0.4, -0.2) is 38.1 Å². The zero-order valence-corrected chi connectivity index (χ0v) is 14.4. The monoisotopic (exact) mass is 355 g/mol. The minimum Gasteiger partial charge on any atom is -0.339 e. The maximum atomic E-state index is 6.15. The van der Waals surface area contributed by atoms with Crippen LogP contribution in [-0.2, 0) is 6.54 Å². The molecule has 0 amide bonds. The van der Waals surface area contributed by atoms with E-state index in [1.165, 1.54) is 0 Å². The van der Waals surface area contributed by atoms with Gasteiger partial charge in [0.25, 0.3) is 0 Å². The van der Waals surface area contributed by atoms with Crippen molar-refractivity contribution in [3.8, 4) is 11.5 Å². The standard InChI is InChI=1S/C18H18ClN5O/c19-16-14(4-3-9-21-16)12-24-10-6-13(7-11-24)18-22-17(23-25-18)15-5-1-2-8-20-15/h1-5,8-9,13H,6-7,10-12H2. The van der Waals surface area contributed by atoms with Crippen molar-refractivity contribution < 1.29 is 4.52 Å². The van der Waals surface area contributed by atoms with Crippen LogP contribution in [0.15, 0.2) is 47.2 Å². The first-order chi connectivity index (χ1) is 12.3. The SMILES string of the molecule is Clc1ncccc1CN1CCC(c2nc(-c3ccccn3)no2)CC1. The van der Waals surface area contributed by atoms with E-state index >= 15 is 0 Å². The fraction of sp³-hybridized carbons (Fsp3) is 0.333. The number of piperidine rings is 1. The van der Waals surface area contributed by atoms with Gasteiger partial charge in [0.1, 0.15) is 10.8 Å². The predicted octanol–water partition coefficient (Wildman–Crippen LogP) is 3.56. The van der Waals surface area contributed by atoms with Crippen LogP contribution in [0.5, 0.6) is 0 Å². The molecule has 0 atom stereocenters. The molecule has 1 fully saturated rings. The molecule has 0 aliphatic carbocycles. The molecule has 0 saturated carbocycles. The van der Waals surface area contributed by atoms with E-state index in [-0.39, 0.29) is 0 Å². The lowest BCUT2D eigenvalue weighted by molar-refractivity contribution is 0.187. The van der Waals surface area contributed by atoms with Crippen molar-refractivity contribution in [1.82, 2.24) is 25.0 Å². The summed E-state index contributed by atoms with van der Waals surface area (Å²) in [4.78, 5) is 15.3. The van der Waals surface area contributed by atoms with Crippen LogP contribution in [0.4, 0.5) is 0 Å². The molecule has 3 aromatic heterocycles. The minimum absolute atomic E-state index is 0.297. The van der Waals surface area contributed by atoms with Crippen LogP contribution in [0.1, 0.15) is 30.2 Å². The molecular weight excluding hydrogens is 338 g/mol. The Kier molecular flexibility index (Phi) is 4.72. The topological polar surface area (TPSA) is 67.9 Å². The van der Waals surface area contributed by atoms with Crippen molar-refractivity contribution in [2.45, 2.75) is 25.3 Å². The normalized spacial score (nSPS) is 16.2. The molecule has 0 radical (unpaired) electrons. The van der Waals surface area contributed by atoms with E-state index in [1.54, 1.807) is 12.4 Å². The molecule has 4 heterocycles. The molecule has 1 aliphatic rings. The molecule has 1 saturated heterocycles. The highest BCUT2D eigenvalue weighted by Gasteiger charge is 2.26. The van der Waals surface area contributed by atoms with E-state index in [1.807, 2.05) is 30.3 Å². The second kappa shape index (κ2) is 7.29. The summed E-state index contributed by atoms with van der Waals surface area (Å²) in [5.41, 5.74) is 1.80. The number of halogens is 1. The molecule has 128 valence electrons. The van der Waals surface area contributed by atoms with E-state index < -0.39 is 0 Å². The molecule has 0 aromatic carbocycles. The molecule has 6 nitrogen and oxygen atoms in total. The first-order valence-corrected chi connectivity index (χ1v) is 8.74. The summed E-state index contributed by atoms with van der Waals surface area (Å²) < 4.78 is 5.48. The zero-order valence-electron chi connectivity index (χ0n) is 13.7. The van der Waals surface area contributed by atoms with Gasteiger partial charge < -0.3 is 4.52 Å². The lowest BCUT2D eigenvalue weighted by Crippen LogP contribution is -2.32. The fourth-order valence-corrected chi connectivity index (χ4v) is 3.30. The van der Waals surface area contributed by atoms with E-state index in [0.717, 1.165) is 43.7 Å². The van der Waals surface area contributed by atoms with E-state index in [9.17, 15) is 0 Å². The maximum absolute atomic E-state index is 6.15. The van der Waals surface area contributed by atoms with Gasteiger partial charge in [0, 0.05) is 30.4 Å². The molecule has 0 N–H and O–H groups in total. The highest BCUT2D eigenvalue weighted by atomic mass is 35.5. The summed E-state index contributed by atoms with van der Waals surface area (Å²) in [5.74, 6) is 1.56. The Labute approximate surface area is 150 Å². The predicted molar refractivity (Wildman–Crippen MR) is 94.0 cm³/mol. The molecule has 0 spiro atoms. The van der Waals surface area contributed by atoms with Crippen molar-refractivity contribution in [2.24, 2.45) is 0 Å². The summed E-state index contributed by atoms with van der Waals surface area (Å²) in [7, 11) is 0. The Morgan fingerprint density at radius 1 is 1.08 bits per heavy atom. The summed E-state index contributed by atoms with van der Waals surface area (Å²) in [5, 5.41) is 4.66. The maximum Gasteiger partial charge on any atom is 0.230 e. The third kappa shape index (κ3) is 3.70. The van der Waals surface area contributed by atoms with Gasteiger partial charge in [0.05, 0.1) is 0 Å². The highest BCUT2D eigenvalue weighted by molar-refractivity contribution is 6.30. The van der Waals surface area contributed by atoms with Gasteiger partial charge in [-0.2, -0.15) is 4.98 Å². The van der Waals surface area contributed by atoms with Crippen LogP contribution in [0.3, 0.4) is 0 Å². The Morgan fingerprint density at radius 2 is 1.92 bits per heavy atom. The number of pyridine rings is 2. The zero-order chi connectivity index (χ0) is 17.1. The minimum atomic E-state index is 0.297. The lowest BCUT2D eigenvalue weighted by atomic mass is 9.96. The van der Waals surface area contributed by atoms with Crippen LogP contribution in [0, 0.1) is 0 Å². The number of hydrogen-bond acceptors (Lipinski definition) is 6. The van der Waals surface area contributed by atoms with Gasteiger partial charge in [-0.3, -0.25) is 9.88 Å². The largest absolute Gasteiger partial charge is 0.339 e. The molecule has 7 heteroatoms. The van der Waals surface area contributed by atoms with Gasteiger partial charge in [0.2, 0.25) is 11.7 Å². The number of likely N-dealkylation sites (tertiary alicyclic amines) is 1. The van der Waals surface area contributed by atoms with Crippen LogP contribution >= 0.6 is 11.6 Å². The van der Waals surface area contributed by atoms with E-state index in [4.69, 9.17) is 16.1 Å². The van der Waals surface area contributed by atoms with Crippen molar-refractivity contribution in [3.05, 3.63) is 59.3 Å². The Balaban J connectivity index is 1.38. The summed E-state index contributed by atoms with van der Waals surface area (Å²) in [6.45, 7) is 2.76. The van der Waals surface area contributed by atoms with Crippen molar-refractivity contribution in [3.63, 3.8) is 0 Å². The Hall–Kier alpha value is -2.31. The Morgan fingerprint density at radius 3 is 2.68 bits per heavy atom. The number of aromatic nitrogens is 4. The highest BCUT2D eigenvalue weighted by Crippen LogP contribution is 2.29. The van der Waals surface area contributed by atoms with Gasteiger partial charge in [0.15, 0.2) is 0 Å². The molecule has 0 unspecified atom stereocenters. The van der Waals surface area contributed by atoms with Gasteiger partial charge >= 0.3 is 0 Å². The molecule has 3 aromatic rings. The lowest BCUT2D eigenvalue weighted by Gasteiger charge is -2.30. The van der Waals surface area contributed by atoms with E-state index in [2.05, 4.69) is 25.0 Å². The average Bonchev–Trinajstić information content (AvgIpc) is 3.15. The quantitative estimate of drug-likeness (QED) is 0.666. The van der Waals surface area contributed by atoms with Gasteiger partial charge in [-0.05, 0) is 44.1 Å². The van der Waals surface area contributed by atoms with Crippen molar-refractivity contribution in [2.75, 3.05) is 13.1 Å². The van der Waals surface area contributed by atoms with Gasteiger partial charge in [-0.25, -0.2) is 4.98 Å². The molecule has 25 heavy (non-hydrogen) atoms. The third-order valence-corrected chi connectivity index (χ3v) is 4.84. The second-order valence-electron chi connectivity index (χ2n) is 6.17. The molecule has 0 bridgehead atoms. The number of hydrogen-bond donors (Lipinski definition) is 0. The second-order valence-corrected chi connectivity index (χ2v) is 6.53. The summed E-state index contributed by atoms with van der Waals surface area (Å²) in [6.07, 6.45) is 5.42. The molecule has 1 aliphatic heterocycles. The number of rotatable bonds is 4. The molecular formula is C18H18ClN5O. The van der Waals surface area contributed by atoms with Crippen LogP contribution in [0.25, 0.3) is 11.5 Å². The van der Waals surface area contributed by atoms with Crippen LogP contribution < -0.4 is 0 Å². The first kappa shape index (κ1) is 16.2. The van der Waals surface area contributed by atoms with Gasteiger partial charge in [-0.15, -0.1) is 0 Å². The summed E-state index contributed by atoms with van der Waals surface area (Å²) in [6, 6.07) is 9.62. The van der Waals surface area contributed by atoms with Crippen LogP contribution in [0.2, 0.25) is 5.15 Å². The van der Waals surface area contributed by atoms with Crippen molar-refractivity contribution >= 4 is 11.6 Å².